The third kappa shape index (κ3) is 2.27. The van der Waals surface area contributed by atoms with E-state index in [9.17, 15) is 4.79 Å². The second-order valence-corrected chi connectivity index (χ2v) is 5.81. The van der Waals surface area contributed by atoms with Crippen LogP contribution >= 0.6 is 15.9 Å². The molecule has 0 saturated carbocycles. The van der Waals surface area contributed by atoms with Crippen LogP contribution in [0.5, 0.6) is 0 Å². The minimum Gasteiger partial charge on any atom is -0.320 e. The maximum Gasteiger partial charge on any atom is 0.275 e. The first-order valence-electron chi connectivity index (χ1n) is 6.32. The average Bonchev–Trinajstić information content (AvgIpc) is 2.70. The SMILES string of the molecule is Cc1ccc(N=C2C(=O)Nc3c(C)cc(Br)cc32)cc1. The number of anilines is 1. The number of nitrogens with zero attached hydrogens (tertiary/aromatic N) is 1. The van der Waals surface area contributed by atoms with E-state index in [2.05, 4.69) is 26.2 Å². The number of hydrogen-bond donors (Lipinski definition) is 1. The molecule has 2 aromatic rings. The number of aryl methyl sites for hydroxylation is 2. The number of carbonyl (C=O) groups is 1. The number of rotatable bonds is 1. The Kier molecular flexibility index (Phi) is 3.18. The molecule has 0 saturated heterocycles. The minimum atomic E-state index is -0.151. The zero-order chi connectivity index (χ0) is 14.3. The van der Waals surface area contributed by atoms with Crippen molar-refractivity contribution in [3.8, 4) is 0 Å². The number of halogens is 1. The van der Waals surface area contributed by atoms with E-state index in [1.807, 2.05) is 50.2 Å². The van der Waals surface area contributed by atoms with E-state index in [1.54, 1.807) is 0 Å². The molecular formula is C16H13BrN2O. The molecule has 2 aromatic carbocycles. The van der Waals surface area contributed by atoms with Crippen LogP contribution in [-0.2, 0) is 4.79 Å². The van der Waals surface area contributed by atoms with Crippen LogP contribution in [-0.4, -0.2) is 11.6 Å². The Bertz CT molecular complexity index is 733. The van der Waals surface area contributed by atoms with E-state index >= 15 is 0 Å². The van der Waals surface area contributed by atoms with E-state index in [-0.39, 0.29) is 5.91 Å². The predicted molar refractivity (Wildman–Crippen MR) is 84.9 cm³/mol. The largest absolute Gasteiger partial charge is 0.320 e. The monoisotopic (exact) mass is 328 g/mol. The van der Waals surface area contributed by atoms with Gasteiger partial charge in [-0.15, -0.1) is 0 Å². The molecule has 20 heavy (non-hydrogen) atoms. The van der Waals surface area contributed by atoms with Gasteiger partial charge in [0, 0.05) is 10.0 Å². The van der Waals surface area contributed by atoms with E-state index in [0.717, 1.165) is 27.0 Å². The number of benzene rings is 2. The maximum atomic E-state index is 12.1. The van der Waals surface area contributed by atoms with Gasteiger partial charge < -0.3 is 5.32 Å². The second kappa shape index (κ2) is 4.87. The number of fused-ring (bicyclic) bond motifs is 1. The standard InChI is InChI=1S/C16H13BrN2O/c1-9-3-5-12(6-4-9)18-15-13-8-11(17)7-10(2)14(13)19-16(15)20/h3-8H,1-2H3,(H,18,19,20). The van der Waals surface area contributed by atoms with Crippen LogP contribution in [0.1, 0.15) is 16.7 Å². The molecule has 0 radical (unpaired) electrons. The first kappa shape index (κ1) is 13.1. The third-order valence-corrected chi connectivity index (χ3v) is 3.74. The summed E-state index contributed by atoms with van der Waals surface area (Å²) in [4.78, 5) is 16.6. The van der Waals surface area contributed by atoms with Crippen molar-refractivity contribution in [1.29, 1.82) is 0 Å². The third-order valence-electron chi connectivity index (χ3n) is 3.28. The van der Waals surface area contributed by atoms with Crippen LogP contribution in [0.15, 0.2) is 45.9 Å². The van der Waals surface area contributed by atoms with Crippen molar-refractivity contribution < 1.29 is 4.79 Å². The van der Waals surface area contributed by atoms with Gasteiger partial charge in [-0.3, -0.25) is 4.79 Å². The lowest BCUT2D eigenvalue weighted by atomic mass is 10.1. The van der Waals surface area contributed by atoms with Gasteiger partial charge in [0.05, 0.1) is 11.4 Å². The zero-order valence-corrected chi connectivity index (χ0v) is 12.8. The lowest BCUT2D eigenvalue weighted by Crippen LogP contribution is -2.13. The van der Waals surface area contributed by atoms with Crippen molar-refractivity contribution in [3.63, 3.8) is 0 Å². The smallest absolute Gasteiger partial charge is 0.275 e. The Hall–Kier alpha value is -1.94. The minimum absolute atomic E-state index is 0.151. The lowest BCUT2D eigenvalue weighted by Gasteiger charge is -2.03. The normalized spacial score (nSPS) is 15.3. The summed E-state index contributed by atoms with van der Waals surface area (Å²) in [7, 11) is 0. The molecule has 0 spiro atoms. The van der Waals surface area contributed by atoms with Crippen molar-refractivity contribution in [3.05, 3.63) is 57.6 Å². The quantitative estimate of drug-likeness (QED) is 0.839. The molecule has 1 aliphatic heterocycles. The first-order chi connectivity index (χ1) is 9.54. The second-order valence-electron chi connectivity index (χ2n) is 4.90. The molecule has 3 rings (SSSR count). The number of aliphatic imine (C=N–C) groups is 1. The van der Waals surface area contributed by atoms with E-state index in [4.69, 9.17) is 0 Å². The number of carbonyl (C=O) groups excluding carboxylic acids is 1. The Morgan fingerprint density at radius 3 is 2.50 bits per heavy atom. The van der Waals surface area contributed by atoms with E-state index < -0.39 is 0 Å². The predicted octanol–water partition coefficient (Wildman–Crippen LogP) is 4.14. The van der Waals surface area contributed by atoms with Gasteiger partial charge in [0.15, 0.2) is 0 Å². The fourth-order valence-corrected chi connectivity index (χ4v) is 2.82. The summed E-state index contributed by atoms with van der Waals surface area (Å²) in [6.45, 7) is 3.99. The van der Waals surface area contributed by atoms with Gasteiger partial charge in [-0.25, -0.2) is 4.99 Å². The molecule has 0 atom stereocenters. The van der Waals surface area contributed by atoms with Crippen molar-refractivity contribution in [1.82, 2.24) is 0 Å². The van der Waals surface area contributed by atoms with Gasteiger partial charge in [0.1, 0.15) is 5.71 Å². The summed E-state index contributed by atoms with van der Waals surface area (Å²) in [5.74, 6) is -0.151. The molecule has 0 unspecified atom stereocenters. The van der Waals surface area contributed by atoms with Crippen LogP contribution in [0.2, 0.25) is 0 Å². The summed E-state index contributed by atoms with van der Waals surface area (Å²) in [5, 5.41) is 2.88. The fraction of sp³-hybridized carbons (Fsp3) is 0.125. The van der Waals surface area contributed by atoms with Gasteiger partial charge >= 0.3 is 0 Å². The van der Waals surface area contributed by atoms with Gasteiger partial charge in [-0.2, -0.15) is 0 Å². The van der Waals surface area contributed by atoms with Crippen molar-refractivity contribution in [2.24, 2.45) is 4.99 Å². The Labute approximate surface area is 125 Å². The summed E-state index contributed by atoms with van der Waals surface area (Å²) in [6, 6.07) is 11.7. The molecule has 1 aliphatic rings. The highest BCUT2D eigenvalue weighted by molar-refractivity contribution is 9.10. The molecule has 1 amide bonds. The van der Waals surface area contributed by atoms with Crippen LogP contribution in [0.4, 0.5) is 11.4 Å². The Morgan fingerprint density at radius 2 is 1.80 bits per heavy atom. The van der Waals surface area contributed by atoms with Gasteiger partial charge in [-0.05, 0) is 43.7 Å². The van der Waals surface area contributed by atoms with Crippen molar-refractivity contribution >= 4 is 38.9 Å². The van der Waals surface area contributed by atoms with Crippen LogP contribution < -0.4 is 5.32 Å². The van der Waals surface area contributed by atoms with Gasteiger partial charge in [-0.1, -0.05) is 33.6 Å². The molecule has 3 nitrogen and oxygen atoms in total. The number of amides is 1. The summed E-state index contributed by atoms with van der Waals surface area (Å²) in [5.41, 5.74) is 5.15. The van der Waals surface area contributed by atoms with Crippen LogP contribution in [0.25, 0.3) is 0 Å². The number of nitrogens with one attached hydrogen (secondary N) is 1. The highest BCUT2D eigenvalue weighted by Crippen LogP contribution is 2.32. The molecule has 0 aromatic heterocycles. The molecule has 4 heteroatoms. The van der Waals surface area contributed by atoms with Gasteiger partial charge in [0.25, 0.3) is 5.91 Å². The van der Waals surface area contributed by atoms with E-state index in [0.29, 0.717) is 5.71 Å². The Morgan fingerprint density at radius 1 is 1.10 bits per heavy atom. The zero-order valence-electron chi connectivity index (χ0n) is 11.2. The molecule has 1 heterocycles. The lowest BCUT2D eigenvalue weighted by molar-refractivity contribution is -0.110. The van der Waals surface area contributed by atoms with E-state index in [1.165, 1.54) is 5.56 Å². The Balaban J connectivity index is 2.12. The first-order valence-corrected chi connectivity index (χ1v) is 7.11. The van der Waals surface area contributed by atoms with Crippen molar-refractivity contribution in [2.45, 2.75) is 13.8 Å². The molecule has 0 aliphatic carbocycles. The van der Waals surface area contributed by atoms with Crippen molar-refractivity contribution in [2.75, 3.05) is 5.32 Å². The average molecular weight is 329 g/mol. The topological polar surface area (TPSA) is 41.5 Å². The maximum absolute atomic E-state index is 12.1. The van der Waals surface area contributed by atoms with Crippen LogP contribution in [0.3, 0.4) is 0 Å². The van der Waals surface area contributed by atoms with Gasteiger partial charge in [0.2, 0.25) is 0 Å². The molecular weight excluding hydrogens is 316 g/mol. The molecule has 100 valence electrons. The molecule has 1 N–H and O–H groups in total. The molecule has 0 fully saturated rings. The summed E-state index contributed by atoms with van der Waals surface area (Å²) >= 11 is 3.46. The highest BCUT2D eigenvalue weighted by atomic mass is 79.9. The number of hydrogen-bond acceptors (Lipinski definition) is 2. The summed E-state index contributed by atoms with van der Waals surface area (Å²) in [6.07, 6.45) is 0. The molecule has 0 bridgehead atoms. The highest BCUT2D eigenvalue weighted by Gasteiger charge is 2.27. The van der Waals surface area contributed by atoms with Crippen LogP contribution in [0, 0.1) is 13.8 Å². The fourth-order valence-electron chi connectivity index (χ4n) is 2.25. The summed E-state index contributed by atoms with van der Waals surface area (Å²) < 4.78 is 0.946.